The van der Waals surface area contributed by atoms with Crippen molar-refractivity contribution in [1.29, 1.82) is 0 Å². The van der Waals surface area contributed by atoms with Crippen LogP contribution >= 0.6 is 0 Å². The molecule has 0 spiro atoms. The molecule has 5 heterocycles. The molecule has 1 aromatic carbocycles. The summed E-state index contributed by atoms with van der Waals surface area (Å²) in [7, 11) is -3.14. The van der Waals surface area contributed by atoms with Gasteiger partial charge in [-0.15, -0.1) is 0 Å². The third-order valence-corrected chi connectivity index (χ3v) is 7.79. The SMILES string of the molecule is Cc1nn(C2CCS(=O)(=O)C2)c2nc(-c3ccco3)cc(C(=O)Nc3ccc4c(c3)OCO4)c12. The lowest BCUT2D eigenvalue weighted by molar-refractivity contribution is 0.102. The minimum absolute atomic E-state index is 0.00535. The zero-order valence-corrected chi connectivity index (χ0v) is 19.0. The van der Waals surface area contributed by atoms with E-state index >= 15 is 0 Å². The zero-order chi connectivity index (χ0) is 23.4. The van der Waals surface area contributed by atoms with Gasteiger partial charge in [-0.25, -0.2) is 18.1 Å². The maximum Gasteiger partial charge on any atom is 0.256 e. The fraction of sp³-hybridized carbons (Fsp3) is 0.261. The number of anilines is 1. The van der Waals surface area contributed by atoms with Crippen molar-refractivity contribution in [3.05, 3.63) is 53.9 Å². The lowest BCUT2D eigenvalue weighted by Crippen LogP contribution is -2.15. The number of ether oxygens (including phenoxy) is 2. The van der Waals surface area contributed by atoms with E-state index in [1.807, 2.05) is 0 Å². The highest BCUT2D eigenvalue weighted by molar-refractivity contribution is 7.91. The highest BCUT2D eigenvalue weighted by atomic mass is 32.2. The van der Waals surface area contributed by atoms with Crippen LogP contribution in [0.3, 0.4) is 0 Å². The van der Waals surface area contributed by atoms with Gasteiger partial charge in [-0.1, -0.05) is 0 Å². The van der Waals surface area contributed by atoms with E-state index in [0.29, 0.717) is 57.4 Å². The molecule has 11 heteroatoms. The van der Waals surface area contributed by atoms with E-state index in [0.717, 1.165) is 0 Å². The highest BCUT2D eigenvalue weighted by Crippen LogP contribution is 2.35. The first kappa shape index (κ1) is 20.7. The Hall–Kier alpha value is -3.86. The molecule has 6 rings (SSSR count). The van der Waals surface area contributed by atoms with Gasteiger partial charge in [0.15, 0.2) is 32.7 Å². The first-order chi connectivity index (χ1) is 16.4. The van der Waals surface area contributed by atoms with Crippen LogP contribution in [0.1, 0.15) is 28.5 Å². The van der Waals surface area contributed by atoms with Gasteiger partial charge in [0.1, 0.15) is 5.69 Å². The summed E-state index contributed by atoms with van der Waals surface area (Å²) in [4.78, 5) is 18.2. The van der Waals surface area contributed by atoms with Gasteiger partial charge in [0.25, 0.3) is 5.91 Å². The first-order valence-electron chi connectivity index (χ1n) is 10.7. The number of hydrogen-bond donors (Lipinski definition) is 1. The second kappa shape index (κ2) is 7.59. The molecule has 0 radical (unpaired) electrons. The summed E-state index contributed by atoms with van der Waals surface area (Å²) in [5, 5.41) is 8.07. The Bertz CT molecular complexity index is 1540. The number of carbonyl (C=O) groups excluding carboxylic acids is 1. The fourth-order valence-electron chi connectivity index (χ4n) is 4.44. The third-order valence-electron chi connectivity index (χ3n) is 6.04. The van der Waals surface area contributed by atoms with Crippen LogP contribution in [0, 0.1) is 6.92 Å². The van der Waals surface area contributed by atoms with Crippen molar-refractivity contribution >= 4 is 32.5 Å². The van der Waals surface area contributed by atoms with Crippen LogP contribution in [0.5, 0.6) is 11.5 Å². The maximum absolute atomic E-state index is 13.5. The summed E-state index contributed by atoms with van der Waals surface area (Å²) in [5.41, 5.74) is 2.40. The number of pyridine rings is 1. The number of sulfone groups is 1. The Kier molecular flexibility index (Phi) is 4.63. The molecule has 0 bridgehead atoms. The summed E-state index contributed by atoms with van der Waals surface area (Å²) in [6, 6.07) is 9.97. The van der Waals surface area contributed by atoms with Gasteiger partial charge in [0, 0.05) is 11.8 Å². The molecule has 1 fully saturated rings. The summed E-state index contributed by atoms with van der Waals surface area (Å²) in [6.45, 7) is 1.92. The lowest BCUT2D eigenvalue weighted by Gasteiger charge is -2.12. The monoisotopic (exact) mass is 480 g/mol. The maximum atomic E-state index is 13.5. The van der Waals surface area contributed by atoms with E-state index in [4.69, 9.17) is 18.9 Å². The Labute approximate surface area is 194 Å². The van der Waals surface area contributed by atoms with Crippen LogP contribution in [-0.2, 0) is 9.84 Å². The number of furan rings is 1. The van der Waals surface area contributed by atoms with Gasteiger partial charge in [0.05, 0.1) is 40.5 Å². The van der Waals surface area contributed by atoms with Crippen molar-refractivity contribution in [2.45, 2.75) is 19.4 Å². The summed E-state index contributed by atoms with van der Waals surface area (Å²) >= 11 is 0. The number of nitrogens with one attached hydrogen (secondary N) is 1. The third kappa shape index (κ3) is 3.48. The molecule has 2 aliphatic rings. The van der Waals surface area contributed by atoms with Crippen LogP contribution in [0.4, 0.5) is 5.69 Å². The molecular formula is C23H20N4O6S. The fourth-order valence-corrected chi connectivity index (χ4v) is 6.13. The van der Waals surface area contributed by atoms with Crippen LogP contribution in [0.2, 0.25) is 0 Å². The first-order valence-corrected chi connectivity index (χ1v) is 12.6. The number of carbonyl (C=O) groups is 1. The van der Waals surface area contributed by atoms with E-state index in [2.05, 4.69) is 10.4 Å². The lowest BCUT2D eigenvalue weighted by atomic mass is 10.1. The van der Waals surface area contributed by atoms with E-state index in [1.165, 1.54) is 6.26 Å². The molecular weight excluding hydrogens is 460 g/mol. The number of amides is 1. The van der Waals surface area contributed by atoms with Crippen molar-refractivity contribution in [3.63, 3.8) is 0 Å². The van der Waals surface area contributed by atoms with Crippen molar-refractivity contribution in [1.82, 2.24) is 14.8 Å². The molecule has 34 heavy (non-hydrogen) atoms. The molecule has 4 aromatic rings. The quantitative estimate of drug-likeness (QED) is 0.471. The summed E-state index contributed by atoms with van der Waals surface area (Å²) < 4.78 is 42.1. The van der Waals surface area contributed by atoms with Gasteiger partial charge in [-0.2, -0.15) is 5.10 Å². The molecule has 1 unspecified atom stereocenters. The van der Waals surface area contributed by atoms with Crippen LogP contribution < -0.4 is 14.8 Å². The average Bonchev–Trinajstić information content (AvgIpc) is 3.59. The Morgan fingerprint density at radius 3 is 2.79 bits per heavy atom. The van der Waals surface area contributed by atoms with Crippen molar-refractivity contribution in [2.24, 2.45) is 0 Å². The van der Waals surface area contributed by atoms with E-state index in [9.17, 15) is 13.2 Å². The summed E-state index contributed by atoms with van der Waals surface area (Å²) in [6.07, 6.45) is 1.98. The van der Waals surface area contributed by atoms with Crippen LogP contribution in [0.25, 0.3) is 22.5 Å². The molecule has 0 saturated carbocycles. The molecule has 2 aliphatic heterocycles. The number of aryl methyl sites for hydroxylation is 1. The molecule has 1 N–H and O–H groups in total. The van der Waals surface area contributed by atoms with Crippen molar-refractivity contribution in [2.75, 3.05) is 23.6 Å². The predicted octanol–water partition coefficient (Wildman–Crippen LogP) is 3.34. The van der Waals surface area contributed by atoms with Gasteiger partial charge >= 0.3 is 0 Å². The topological polar surface area (TPSA) is 126 Å². The van der Waals surface area contributed by atoms with E-state index < -0.39 is 9.84 Å². The number of rotatable bonds is 4. The molecule has 10 nitrogen and oxygen atoms in total. The Morgan fingerprint density at radius 2 is 2.03 bits per heavy atom. The van der Waals surface area contributed by atoms with E-state index in [1.54, 1.807) is 48.0 Å². The highest BCUT2D eigenvalue weighted by Gasteiger charge is 2.32. The largest absolute Gasteiger partial charge is 0.463 e. The van der Waals surface area contributed by atoms with Gasteiger partial charge in [-0.05, 0) is 43.7 Å². The molecule has 0 aliphatic carbocycles. The number of benzene rings is 1. The van der Waals surface area contributed by atoms with Crippen LogP contribution in [0.15, 0.2) is 47.1 Å². The van der Waals surface area contributed by atoms with Gasteiger partial charge in [-0.3, -0.25) is 4.79 Å². The number of fused-ring (bicyclic) bond motifs is 2. The van der Waals surface area contributed by atoms with Gasteiger partial charge < -0.3 is 19.2 Å². The zero-order valence-electron chi connectivity index (χ0n) is 18.1. The predicted molar refractivity (Wildman–Crippen MR) is 123 cm³/mol. The molecule has 1 atom stereocenters. The molecule has 1 amide bonds. The van der Waals surface area contributed by atoms with Crippen molar-refractivity contribution in [3.8, 4) is 23.0 Å². The Morgan fingerprint density at radius 1 is 1.18 bits per heavy atom. The Balaban J connectivity index is 1.47. The molecule has 174 valence electrons. The van der Waals surface area contributed by atoms with Crippen LogP contribution in [-0.4, -0.2) is 47.4 Å². The average molecular weight is 481 g/mol. The van der Waals surface area contributed by atoms with Gasteiger partial charge in [0.2, 0.25) is 6.79 Å². The van der Waals surface area contributed by atoms with E-state index in [-0.39, 0.29) is 30.2 Å². The summed E-state index contributed by atoms with van der Waals surface area (Å²) in [5.74, 6) is 1.40. The van der Waals surface area contributed by atoms with Crippen molar-refractivity contribution < 1.29 is 27.1 Å². The number of nitrogens with zero attached hydrogens (tertiary/aromatic N) is 3. The normalized spacial score (nSPS) is 18.4. The number of hydrogen-bond acceptors (Lipinski definition) is 8. The molecule has 1 saturated heterocycles. The smallest absolute Gasteiger partial charge is 0.256 e. The minimum Gasteiger partial charge on any atom is -0.463 e. The second-order valence-electron chi connectivity index (χ2n) is 8.34. The standard InChI is InChI=1S/C23H20N4O6S/c1-13-21-16(23(28)24-14-4-5-19-20(9-14)33-12-32-19)10-17(18-3-2-7-31-18)25-22(21)27(26-13)15-6-8-34(29,30)11-15/h2-5,7,9-10,15H,6,8,11-12H2,1H3,(H,24,28). The second-order valence-corrected chi connectivity index (χ2v) is 10.6. The minimum atomic E-state index is -3.14. The number of aromatic nitrogens is 3. The molecule has 3 aromatic heterocycles.